The van der Waals surface area contributed by atoms with Crippen molar-refractivity contribution in [3.63, 3.8) is 0 Å². The SMILES string of the molecule is COc1ccc(N2C[C@H](NC(=O)Nc3ccccn3)CC2=O)cc1OC. The molecule has 1 fully saturated rings. The van der Waals surface area contributed by atoms with Crippen LogP contribution >= 0.6 is 0 Å². The van der Waals surface area contributed by atoms with Gasteiger partial charge in [0.25, 0.3) is 0 Å². The predicted molar refractivity (Wildman–Crippen MR) is 96.7 cm³/mol. The molecule has 0 saturated carbocycles. The van der Waals surface area contributed by atoms with Crippen LogP contribution in [0.15, 0.2) is 42.6 Å². The smallest absolute Gasteiger partial charge is 0.320 e. The van der Waals surface area contributed by atoms with E-state index in [1.807, 2.05) is 0 Å². The molecule has 0 radical (unpaired) electrons. The summed E-state index contributed by atoms with van der Waals surface area (Å²) >= 11 is 0. The second-order valence-corrected chi connectivity index (χ2v) is 5.76. The van der Waals surface area contributed by atoms with E-state index in [0.717, 1.165) is 0 Å². The number of nitrogens with one attached hydrogen (secondary N) is 2. The van der Waals surface area contributed by atoms with Crippen LogP contribution in [0.2, 0.25) is 0 Å². The molecule has 2 heterocycles. The molecule has 3 amide bonds. The lowest BCUT2D eigenvalue weighted by atomic mass is 10.2. The second-order valence-electron chi connectivity index (χ2n) is 5.76. The molecule has 8 heteroatoms. The lowest BCUT2D eigenvalue weighted by molar-refractivity contribution is -0.117. The molecule has 2 aromatic rings. The Kier molecular flexibility index (Phi) is 5.21. The number of nitrogens with zero attached hydrogens (tertiary/aromatic N) is 2. The van der Waals surface area contributed by atoms with Gasteiger partial charge in [-0.15, -0.1) is 0 Å². The first-order valence-corrected chi connectivity index (χ1v) is 8.11. The first-order valence-electron chi connectivity index (χ1n) is 8.11. The van der Waals surface area contributed by atoms with Crippen LogP contribution in [0.3, 0.4) is 0 Å². The number of anilines is 2. The molecule has 0 unspecified atom stereocenters. The van der Waals surface area contributed by atoms with Gasteiger partial charge in [-0.2, -0.15) is 0 Å². The van der Waals surface area contributed by atoms with Gasteiger partial charge in [0.15, 0.2) is 11.5 Å². The Hall–Kier alpha value is -3.29. The van der Waals surface area contributed by atoms with Crippen molar-refractivity contribution in [1.82, 2.24) is 10.3 Å². The summed E-state index contributed by atoms with van der Waals surface area (Å²) in [6, 6.07) is 9.82. The third-order valence-corrected chi connectivity index (χ3v) is 4.05. The van der Waals surface area contributed by atoms with Gasteiger partial charge in [0.1, 0.15) is 5.82 Å². The second kappa shape index (κ2) is 7.73. The number of carbonyl (C=O) groups is 2. The fraction of sp³-hybridized carbons (Fsp3) is 0.278. The zero-order chi connectivity index (χ0) is 18.5. The van der Waals surface area contributed by atoms with E-state index in [9.17, 15) is 9.59 Å². The molecule has 1 atom stereocenters. The number of rotatable bonds is 5. The van der Waals surface area contributed by atoms with E-state index in [1.165, 1.54) is 0 Å². The Morgan fingerprint density at radius 2 is 2.00 bits per heavy atom. The highest BCUT2D eigenvalue weighted by atomic mass is 16.5. The van der Waals surface area contributed by atoms with Crippen molar-refractivity contribution in [3.8, 4) is 11.5 Å². The summed E-state index contributed by atoms with van der Waals surface area (Å²) in [6.07, 6.45) is 1.82. The zero-order valence-corrected chi connectivity index (χ0v) is 14.6. The summed E-state index contributed by atoms with van der Waals surface area (Å²) in [5.41, 5.74) is 0.696. The van der Waals surface area contributed by atoms with Crippen LogP contribution in [-0.4, -0.2) is 43.7 Å². The molecular formula is C18H20N4O4. The monoisotopic (exact) mass is 356 g/mol. The Morgan fingerprint density at radius 1 is 1.19 bits per heavy atom. The normalized spacial score (nSPS) is 16.3. The summed E-state index contributed by atoms with van der Waals surface area (Å²) in [7, 11) is 3.10. The number of methoxy groups -OCH3 is 2. The van der Waals surface area contributed by atoms with Crippen LogP contribution in [0.5, 0.6) is 11.5 Å². The van der Waals surface area contributed by atoms with E-state index in [1.54, 1.807) is 61.7 Å². The van der Waals surface area contributed by atoms with Gasteiger partial charge >= 0.3 is 6.03 Å². The van der Waals surface area contributed by atoms with Crippen molar-refractivity contribution in [2.45, 2.75) is 12.5 Å². The Bertz CT molecular complexity index is 797. The molecule has 1 aromatic heterocycles. The highest BCUT2D eigenvalue weighted by Crippen LogP contribution is 2.33. The van der Waals surface area contributed by atoms with Crippen molar-refractivity contribution in [1.29, 1.82) is 0 Å². The minimum atomic E-state index is -0.393. The van der Waals surface area contributed by atoms with Gasteiger partial charge in [-0.05, 0) is 24.3 Å². The number of aromatic nitrogens is 1. The molecule has 0 bridgehead atoms. The maximum absolute atomic E-state index is 12.3. The highest BCUT2D eigenvalue weighted by molar-refractivity contribution is 5.97. The van der Waals surface area contributed by atoms with Crippen LogP contribution in [0.4, 0.5) is 16.3 Å². The Morgan fingerprint density at radius 3 is 2.69 bits per heavy atom. The van der Waals surface area contributed by atoms with E-state index in [4.69, 9.17) is 9.47 Å². The van der Waals surface area contributed by atoms with Crippen LogP contribution in [0.25, 0.3) is 0 Å². The number of hydrogen-bond acceptors (Lipinski definition) is 5. The fourth-order valence-corrected chi connectivity index (χ4v) is 2.82. The van der Waals surface area contributed by atoms with Gasteiger partial charge in [0.2, 0.25) is 5.91 Å². The highest BCUT2D eigenvalue weighted by Gasteiger charge is 2.32. The number of benzene rings is 1. The van der Waals surface area contributed by atoms with E-state index >= 15 is 0 Å². The first kappa shape index (κ1) is 17.5. The summed E-state index contributed by atoms with van der Waals surface area (Å²) in [4.78, 5) is 30.1. The van der Waals surface area contributed by atoms with E-state index < -0.39 is 6.03 Å². The molecule has 0 aliphatic carbocycles. The number of urea groups is 1. The molecule has 1 aromatic carbocycles. The lowest BCUT2D eigenvalue weighted by Crippen LogP contribution is -2.39. The third-order valence-electron chi connectivity index (χ3n) is 4.05. The van der Waals surface area contributed by atoms with Crippen LogP contribution in [0.1, 0.15) is 6.42 Å². The average molecular weight is 356 g/mol. The molecule has 2 N–H and O–H groups in total. The summed E-state index contributed by atoms with van der Waals surface area (Å²) in [6.45, 7) is 0.379. The molecule has 0 spiro atoms. The van der Waals surface area contributed by atoms with Gasteiger partial charge in [-0.1, -0.05) is 6.07 Å². The maximum Gasteiger partial charge on any atom is 0.320 e. The standard InChI is InChI=1S/C18H20N4O4/c1-25-14-7-6-13(10-15(14)26-2)22-11-12(9-17(22)23)20-18(24)21-16-5-3-4-8-19-16/h3-8,10,12H,9,11H2,1-2H3,(H2,19,20,21,24)/t12-/m1/s1. The molecule has 26 heavy (non-hydrogen) atoms. The van der Waals surface area contributed by atoms with Crippen LogP contribution in [0, 0.1) is 0 Å². The molecule has 1 saturated heterocycles. The van der Waals surface area contributed by atoms with Gasteiger partial charge < -0.3 is 19.7 Å². The Labute approximate surface area is 151 Å². The summed E-state index contributed by atoms with van der Waals surface area (Å²) in [5, 5.41) is 5.44. The first-order chi connectivity index (χ1) is 12.6. The van der Waals surface area contributed by atoms with Crippen molar-refractivity contribution in [2.75, 3.05) is 31.0 Å². The summed E-state index contributed by atoms with van der Waals surface area (Å²) < 4.78 is 10.5. The van der Waals surface area contributed by atoms with Crippen molar-refractivity contribution >= 4 is 23.4 Å². The number of hydrogen-bond donors (Lipinski definition) is 2. The average Bonchev–Trinajstić information content (AvgIpc) is 3.01. The number of pyridine rings is 1. The third kappa shape index (κ3) is 3.85. The van der Waals surface area contributed by atoms with Crippen molar-refractivity contribution < 1.29 is 19.1 Å². The van der Waals surface area contributed by atoms with Crippen molar-refractivity contribution in [3.05, 3.63) is 42.6 Å². The van der Waals surface area contributed by atoms with E-state index in [-0.39, 0.29) is 18.4 Å². The van der Waals surface area contributed by atoms with Crippen molar-refractivity contribution in [2.24, 2.45) is 0 Å². The maximum atomic E-state index is 12.3. The largest absolute Gasteiger partial charge is 0.493 e. The number of carbonyl (C=O) groups excluding carboxylic acids is 2. The zero-order valence-electron chi connectivity index (χ0n) is 14.6. The van der Waals surface area contributed by atoms with Gasteiger partial charge in [-0.3, -0.25) is 10.1 Å². The molecule has 1 aliphatic rings. The predicted octanol–water partition coefficient (Wildman–Crippen LogP) is 2.03. The molecule has 3 rings (SSSR count). The van der Waals surface area contributed by atoms with Gasteiger partial charge in [0.05, 0.1) is 20.3 Å². The topological polar surface area (TPSA) is 92.8 Å². The Balaban J connectivity index is 1.64. The van der Waals surface area contributed by atoms with Crippen LogP contribution in [-0.2, 0) is 4.79 Å². The minimum absolute atomic E-state index is 0.0691. The molecule has 1 aliphatic heterocycles. The molecule has 136 valence electrons. The van der Waals surface area contributed by atoms with Gasteiger partial charge in [0, 0.05) is 30.9 Å². The van der Waals surface area contributed by atoms with E-state index in [0.29, 0.717) is 29.5 Å². The van der Waals surface area contributed by atoms with E-state index in [2.05, 4.69) is 15.6 Å². The molecular weight excluding hydrogens is 336 g/mol. The van der Waals surface area contributed by atoms with Crippen LogP contribution < -0.4 is 25.0 Å². The van der Waals surface area contributed by atoms with Gasteiger partial charge in [-0.25, -0.2) is 9.78 Å². The quantitative estimate of drug-likeness (QED) is 0.855. The summed E-state index contributed by atoms with van der Waals surface area (Å²) in [5.74, 6) is 1.51. The fourth-order valence-electron chi connectivity index (χ4n) is 2.82. The molecule has 8 nitrogen and oxygen atoms in total. The number of ether oxygens (including phenoxy) is 2. The minimum Gasteiger partial charge on any atom is -0.493 e. The lowest BCUT2D eigenvalue weighted by Gasteiger charge is -2.19. The number of amides is 3.